The molecule has 3 rings (SSSR count). The van der Waals surface area contributed by atoms with Crippen LogP contribution in [0, 0.1) is 17.7 Å². The van der Waals surface area contributed by atoms with Crippen molar-refractivity contribution in [1.29, 1.82) is 0 Å². The Bertz CT molecular complexity index is 847. The molecule has 0 spiro atoms. The van der Waals surface area contributed by atoms with E-state index in [4.69, 9.17) is 15.2 Å². The maximum atomic E-state index is 14.7. The van der Waals surface area contributed by atoms with Gasteiger partial charge in [-0.15, -0.1) is 6.58 Å². The van der Waals surface area contributed by atoms with Crippen LogP contribution in [0.4, 0.5) is 4.39 Å². The van der Waals surface area contributed by atoms with Crippen LogP contribution in [0.25, 0.3) is 0 Å². The first-order chi connectivity index (χ1) is 13.3. The number of methoxy groups -OCH3 is 1. The van der Waals surface area contributed by atoms with E-state index < -0.39 is 17.3 Å². The van der Waals surface area contributed by atoms with Crippen LogP contribution in [0.5, 0.6) is 5.75 Å². The second-order valence-electron chi connectivity index (χ2n) is 7.60. The quantitative estimate of drug-likeness (QED) is 0.728. The zero-order valence-corrected chi connectivity index (χ0v) is 16.3. The highest BCUT2D eigenvalue weighted by Crippen LogP contribution is 2.47. The molecular formula is C22H26FNO4. The number of amides is 1. The summed E-state index contributed by atoms with van der Waals surface area (Å²) >= 11 is 0. The molecule has 0 radical (unpaired) electrons. The number of carbonyl (C=O) groups is 2. The van der Waals surface area contributed by atoms with Gasteiger partial charge in [0.1, 0.15) is 11.6 Å². The van der Waals surface area contributed by atoms with E-state index in [0.717, 1.165) is 5.57 Å². The van der Waals surface area contributed by atoms with Crippen molar-refractivity contribution in [3.05, 3.63) is 53.4 Å². The van der Waals surface area contributed by atoms with Gasteiger partial charge < -0.3 is 15.2 Å². The maximum absolute atomic E-state index is 14.7. The lowest BCUT2D eigenvalue weighted by atomic mass is 9.68. The largest absolute Gasteiger partial charge is 0.496 e. The summed E-state index contributed by atoms with van der Waals surface area (Å²) in [5.74, 6) is -1.17. The minimum Gasteiger partial charge on any atom is -0.496 e. The van der Waals surface area contributed by atoms with Gasteiger partial charge in [-0.05, 0) is 54.9 Å². The molecule has 28 heavy (non-hydrogen) atoms. The Labute approximate surface area is 164 Å². The number of nitrogens with two attached hydrogens (primary N) is 1. The molecule has 150 valence electrons. The zero-order valence-electron chi connectivity index (χ0n) is 16.3. The second kappa shape index (κ2) is 7.87. The normalized spacial score (nSPS) is 25.0. The van der Waals surface area contributed by atoms with E-state index in [9.17, 15) is 14.0 Å². The summed E-state index contributed by atoms with van der Waals surface area (Å²) in [4.78, 5) is 24.1. The van der Waals surface area contributed by atoms with Gasteiger partial charge >= 0.3 is 0 Å². The summed E-state index contributed by atoms with van der Waals surface area (Å²) in [5.41, 5.74) is 6.32. The molecule has 1 amide bonds. The molecule has 1 aliphatic heterocycles. The molecule has 1 aromatic carbocycles. The highest BCUT2D eigenvalue weighted by molar-refractivity contribution is 5.96. The number of rotatable bonds is 7. The van der Waals surface area contributed by atoms with Crippen molar-refractivity contribution in [3.8, 4) is 5.75 Å². The number of fused-ring (bicyclic) bond motifs is 1. The van der Waals surface area contributed by atoms with Gasteiger partial charge in [-0.25, -0.2) is 4.39 Å². The summed E-state index contributed by atoms with van der Waals surface area (Å²) in [6.07, 6.45) is 5.66. The molecule has 0 aromatic heterocycles. The molecular weight excluding hydrogens is 361 g/mol. The molecule has 6 heteroatoms. The van der Waals surface area contributed by atoms with Crippen LogP contribution >= 0.6 is 0 Å². The summed E-state index contributed by atoms with van der Waals surface area (Å²) in [6.45, 7) is 6.28. The molecule has 0 saturated carbocycles. The number of halogens is 1. The Hall–Kier alpha value is -2.47. The average Bonchev–Trinajstić information content (AvgIpc) is 3.07. The van der Waals surface area contributed by atoms with Crippen molar-refractivity contribution < 1.29 is 23.5 Å². The molecule has 2 N–H and O–H groups in total. The van der Waals surface area contributed by atoms with Gasteiger partial charge in [-0.2, -0.15) is 0 Å². The highest BCUT2D eigenvalue weighted by Gasteiger charge is 2.49. The molecule has 1 fully saturated rings. The Morgan fingerprint density at radius 2 is 2.29 bits per heavy atom. The minimum atomic E-state index is -0.670. The number of ketones is 1. The van der Waals surface area contributed by atoms with Gasteiger partial charge in [0.25, 0.3) is 5.91 Å². The average molecular weight is 387 g/mol. The molecule has 2 aliphatic rings. The van der Waals surface area contributed by atoms with Crippen molar-refractivity contribution in [3.63, 3.8) is 0 Å². The van der Waals surface area contributed by atoms with Gasteiger partial charge in [0.2, 0.25) is 0 Å². The van der Waals surface area contributed by atoms with E-state index in [1.54, 1.807) is 12.2 Å². The van der Waals surface area contributed by atoms with Crippen LogP contribution in [0.15, 0.2) is 36.4 Å². The molecule has 1 aliphatic carbocycles. The van der Waals surface area contributed by atoms with Crippen LogP contribution in [0.2, 0.25) is 0 Å². The summed E-state index contributed by atoms with van der Waals surface area (Å²) in [6, 6.07) is 2.65. The fourth-order valence-corrected chi connectivity index (χ4v) is 4.46. The SMILES string of the molecule is C=CC[C@H]1C[C@]2(C(C)Cc3cc(C(N)=O)c(OC)cc3F)OCCC2=CC1=O. The first kappa shape index (κ1) is 20.3. The third-order valence-electron chi connectivity index (χ3n) is 5.95. The minimum absolute atomic E-state index is 0.0923. The molecule has 1 saturated heterocycles. The van der Waals surface area contributed by atoms with Crippen LogP contribution in [-0.2, 0) is 16.0 Å². The van der Waals surface area contributed by atoms with E-state index in [1.165, 1.54) is 19.2 Å². The Balaban J connectivity index is 1.94. The standard InChI is InChI=1S/C22H26FNO4/c1-4-5-14-12-22(16(6-7-28-22)10-19(14)25)13(2)8-15-9-17(21(24)26)20(27-3)11-18(15)23/h4,9-11,13-14H,1,5-8,12H2,2-3H3,(H2,24,26)/t13?,14-,22+/m0/s1. The van der Waals surface area contributed by atoms with Crippen molar-refractivity contribution in [2.75, 3.05) is 13.7 Å². The molecule has 1 aromatic rings. The van der Waals surface area contributed by atoms with E-state index in [1.807, 2.05) is 6.92 Å². The first-order valence-electron chi connectivity index (χ1n) is 9.48. The van der Waals surface area contributed by atoms with Gasteiger partial charge in [-0.1, -0.05) is 13.0 Å². The van der Waals surface area contributed by atoms with Gasteiger partial charge in [-0.3, -0.25) is 9.59 Å². The van der Waals surface area contributed by atoms with Crippen LogP contribution in [0.1, 0.15) is 42.1 Å². The second-order valence-corrected chi connectivity index (χ2v) is 7.60. The van der Waals surface area contributed by atoms with E-state index >= 15 is 0 Å². The summed E-state index contributed by atoms with van der Waals surface area (Å²) in [5, 5.41) is 0. The number of ether oxygens (including phenoxy) is 2. The summed E-state index contributed by atoms with van der Waals surface area (Å²) < 4.78 is 25.9. The Morgan fingerprint density at radius 3 is 2.93 bits per heavy atom. The Kier molecular flexibility index (Phi) is 5.70. The molecule has 3 atom stereocenters. The monoisotopic (exact) mass is 387 g/mol. The van der Waals surface area contributed by atoms with Gasteiger partial charge in [0, 0.05) is 12.0 Å². The third kappa shape index (κ3) is 3.49. The van der Waals surface area contributed by atoms with Crippen LogP contribution in [0.3, 0.4) is 0 Å². The lowest BCUT2D eigenvalue weighted by Gasteiger charge is -2.41. The zero-order chi connectivity index (χ0) is 20.5. The van der Waals surface area contributed by atoms with Crippen molar-refractivity contribution in [2.24, 2.45) is 17.6 Å². The highest BCUT2D eigenvalue weighted by atomic mass is 19.1. The van der Waals surface area contributed by atoms with Crippen molar-refractivity contribution in [2.45, 2.75) is 38.2 Å². The first-order valence-corrected chi connectivity index (χ1v) is 9.48. The Morgan fingerprint density at radius 1 is 1.54 bits per heavy atom. The van der Waals surface area contributed by atoms with Gasteiger partial charge in [0.15, 0.2) is 5.78 Å². The number of primary amides is 1. The number of hydrogen-bond acceptors (Lipinski definition) is 4. The number of allylic oxidation sites excluding steroid dienone is 2. The van der Waals surface area contributed by atoms with E-state index in [2.05, 4.69) is 6.58 Å². The van der Waals surface area contributed by atoms with E-state index in [0.29, 0.717) is 37.9 Å². The molecule has 1 heterocycles. The predicted octanol–water partition coefficient (Wildman–Crippen LogP) is 3.36. The number of hydrogen-bond donors (Lipinski definition) is 1. The smallest absolute Gasteiger partial charge is 0.252 e. The van der Waals surface area contributed by atoms with Crippen LogP contribution in [-0.4, -0.2) is 31.0 Å². The lowest BCUT2D eigenvalue weighted by molar-refractivity contribution is -0.123. The molecule has 0 bridgehead atoms. The van der Waals surface area contributed by atoms with Crippen molar-refractivity contribution >= 4 is 11.7 Å². The lowest BCUT2D eigenvalue weighted by Crippen LogP contribution is -2.44. The van der Waals surface area contributed by atoms with Crippen molar-refractivity contribution in [1.82, 2.24) is 0 Å². The topological polar surface area (TPSA) is 78.6 Å². The fourth-order valence-electron chi connectivity index (χ4n) is 4.46. The maximum Gasteiger partial charge on any atom is 0.252 e. The fraction of sp³-hybridized carbons (Fsp3) is 0.455. The molecule has 5 nitrogen and oxygen atoms in total. The third-order valence-corrected chi connectivity index (χ3v) is 5.95. The van der Waals surface area contributed by atoms with Crippen LogP contribution < -0.4 is 10.5 Å². The molecule has 1 unspecified atom stereocenters. The summed E-state index contributed by atoms with van der Waals surface area (Å²) in [7, 11) is 1.37. The van der Waals surface area contributed by atoms with E-state index in [-0.39, 0.29) is 28.9 Å². The number of benzene rings is 1. The van der Waals surface area contributed by atoms with Gasteiger partial charge in [0.05, 0.1) is 24.9 Å². The predicted molar refractivity (Wildman–Crippen MR) is 104 cm³/mol. The number of carbonyl (C=O) groups excluding carboxylic acids is 2.